The second-order valence-electron chi connectivity index (χ2n) is 5.58. The van der Waals surface area contributed by atoms with E-state index in [9.17, 15) is 4.21 Å². The lowest BCUT2D eigenvalue weighted by atomic mass is 9.98. The minimum absolute atomic E-state index is 0.273. The van der Waals surface area contributed by atoms with Gasteiger partial charge in [0, 0.05) is 54.0 Å². The highest BCUT2D eigenvalue weighted by atomic mass is 32.2. The van der Waals surface area contributed by atoms with Crippen molar-refractivity contribution in [2.75, 3.05) is 25.9 Å². The molecular weight excluding hydrogens is 232 g/mol. The van der Waals surface area contributed by atoms with E-state index in [-0.39, 0.29) is 5.25 Å². The molecule has 0 bridgehead atoms. The van der Waals surface area contributed by atoms with Crippen molar-refractivity contribution in [2.24, 2.45) is 5.92 Å². The van der Waals surface area contributed by atoms with Gasteiger partial charge in [0.2, 0.25) is 0 Å². The summed E-state index contributed by atoms with van der Waals surface area (Å²) in [7, 11) is -0.713. The summed E-state index contributed by atoms with van der Waals surface area (Å²) in [5.41, 5.74) is 0. The Kier molecular flexibility index (Phi) is 6.10. The zero-order valence-electron chi connectivity index (χ0n) is 11.9. The number of hydrogen-bond acceptors (Lipinski definition) is 3. The molecule has 1 rings (SSSR count). The first kappa shape index (κ1) is 15.1. The van der Waals surface area contributed by atoms with Crippen LogP contribution >= 0.6 is 0 Å². The van der Waals surface area contributed by atoms with Crippen LogP contribution in [0.2, 0.25) is 0 Å². The molecule has 0 aromatic heterocycles. The van der Waals surface area contributed by atoms with Crippen molar-refractivity contribution in [2.45, 2.75) is 51.4 Å². The highest BCUT2D eigenvalue weighted by Gasteiger charge is 2.29. The predicted octanol–water partition coefficient (Wildman–Crippen LogP) is 1.46. The zero-order chi connectivity index (χ0) is 13.0. The molecule has 1 N–H and O–H groups in total. The molecule has 1 saturated heterocycles. The van der Waals surface area contributed by atoms with Gasteiger partial charge in [-0.2, -0.15) is 0 Å². The number of hydrogen-bond donors (Lipinski definition) is 1. The largest absolute Gasteiger partial charge is 0.311 e. The van der Waals surface area contributed by atoms with E-state index >= 15 is 0 Å². The van der Waals surface area contributed by atoms with Crippen LogP contribution in [0.1, 0.15) is 34.1 Å². The molecule has 4 unspecified atom stereocenters. The lowest BCUT2D eigenvalue weighted by Crippen LogP contribution is -2.59. The molecule has 1 aliphatic heterocycles. The van der Waals surface area contributed by atoms with Crippen molar-refractivity contribution in [3.63, 3.8) is 0 Å². The van der Waals surface area contributed by atoms with E-state index in [1.807, 2.05) is 6.26 Å². The summed E-state index contributed by atoms with van der Waals surface area (Å²) in [6, 6.07) is 1.19. The molecule has 0 radical (unpaired) electrons. The topological polar surface area (TPSA) is 32.3 Å². The van der Waals surface area contributed by atoms with Gasteiger partial charge in [0.15, 0.2) is 0 Å². The highest BCUT2D eigenvalue weighted by molar-refractivity contribution is 7.84. The summed E-state index contributed by atoms with van der Waals surface area (Å²) < 4.78 is 11.5. The maximum atomic E-state index is 11.5. The molecule has 0 aromatic carbocycles. The Balaban J connectivity index is 2.60. The lowest BCUT2D eigenvalue weighted by Gasteiger charge is -2.42. The van der Waals surface area contributed by atoms with Crippen molar-refractivity contribution in [1.82, 2.24) is 10.2 Å². The van der Waals surface area contributed by atoms with Crippen LogP contribution in [0.15, 0.2) is 0 Å². The zero-order valence-corrected chi connectivity index (χ0v) is 12.7. The first-order valence-electron chi connectivity index (χ1n) is 6.75. The quantitative estimate of drug-likeness (QED) is 0.812. The Hall–Kier alpha value is 0.0700. The molecule has 4 atom stereocenters. The van der Waals surface area contributed by atoms with Gasteiger partial charge >= 0.3 is 0 Å². The first-order valence-corrected chi connectivity index (χ1v) is 8.37. The number of nitrogens with zero attached hydrogens (tertiary/aromatic N) is 1. The molecule has 3 nitrogen and oxygen atoms in total. The third-order valence-electron chi connectivity index (χ3n) is 3.90. The van der Waals surface area contributed by atoms with Crippen molar-refractivity contribution in [3.8, 4) is 0 Å². The Morgan fingerprint density at radius 1 is 1.41 bits per heavy atom. The lowest BCUT2D eigenvalue weighted by molar-refractivity contribution is 0.112. The average Bonchev–Trinajstić information content (AvgIpc) is 2.28. The summed E-state index contributed by atoms with van der Waals surface area (Å²) in [6.07, 6.45) is 2.98. The van der Waals surface area contributed by atoms with E-state index in [1.54, 1.807) is 0 Å². The van der Waals surface area contributed by atoms with Crippen LogP contribution in [-0.4, -0.2) is 52.3 Å². The number of nitrogens with one attached hydrogen (secondary N) is 1. The SMILES string of the molecule is CCC1CNC(C(C)C)CN1CC(C)S(C)=O. The molecule has 1 heterocycles. The van der Waals surface area contributed by atoms with Crippen molar-refractivity contribution >= 4 is 10.8 Å². The van der Waals surface area contributed by atoms with Gasteiger partial charge in [0.1, 0.15) is 0 Å². The van der Waals surface area contributed by atoms with Crippen LogP contribution in [0.5, 0.6) is 0 Å². The summed E-state index contributed by atoms with van der Waals surface area (Å²) in [5.74, 6) is 0.665. The second-order valence-corrected chi connectivity index (χ2v) is 7.39. The van der Waals surface area contributed by atoms with Crippen molar-refractivity contribution < 1.29 is 4.21 Å². The first-order chi connectivity index (χ1) is 7.95. The van der Waals surface area contributed by atoms with Crippen LogP contribution in [0.4, 0.5) is 0 Å². The van der Waals surface area contributed by atoms with Crippen LogP contribution < -0.4 is 5.32 Å². The summed E-state index contributed by atoms with van der Waals surface area (Å²) in [6.45, 7) is 12.0. The fourth-order valence-corrected chi connectivity index (χ4v) is 2.79. The monoisotopic (exact) mass is 260 g/mol. The number of piperazine rings is 1. The smallest absolute Gasteiger partial charge is 0.0444 e. The highest BCUT2D eigenvalue weighted by Crippen LogP contribution is 2.16. The Morgan fingerprint density at radius 3 is 2.53 bits per heavy atom. The molecule has 0 amide bonds. The van der Waals surface area contributed by atoms with E-state index in [4.69, 9.17) is 0 Å². The van der Waals surface area contributed by atoms with Crippen molar-refractivity contribution in [1.29, 1.82) is 0 Å². The van der Waals surface area contributed by atoms with Crippen molar-refractivity contribution in [3.05, 3.63) is 0 Å². The average molecular weight is 260 g/mol. The number of rotatable bonds is 5. The molecule has 1 fully saturated rings. The molecule has 0 saturated carbocycles. The van der Waals surface area contributed by atoms with E-state index in [1.165, 1.54) is 6.42 Å². The summed E-state index contributed by atoms with van der Waals surface area (Å²) in [4.78, 5) is 2.53. The molecule has 0 aliphatic carbocycles. The van der Waals surface area contributed by atoms with E-state index in [0.29, 0.717) is 18.0 Å². The fraction of sp³-hybridized carbons (Fsp3) is 1.00. The molecule has 0 aromatic rings. The third-order valence-corrected chi connectivity index (χ3v) is 5.18. The van der Waals surface area contributed by atoms with E-state index < -0.39 is 10.8 Å². The maximum absolute atomic E-state index is 11.5. The van der Waals surface area contributed by atoms with Gasteiger partial charge in [0.05, 0.1) is 0 Å². The van der Waals surface area contributed by atoms with Crippen LogP contribution in [0.25, 0.3) is 0 Å². The Morgan fingerprint density at radius 2 is 2.06 bits per heavy atom. The maximum Gasteiger partial charge on any atom is 0.0444 e. The third kappa shape index (κ3) is 4.34. The van der Waals surface area contributed by atoms with Gasteiger partial charge in [-0.3, -0.25) is 9.11 Å². The predicted molar refractivity (Wildman–Crippen MR) is 75.8 cm³/mol. The van der Waals surface area contributed by atoms with Crippen LogP contribution in [0, 0.1) is 5.92 Å². The second kappa shape index (κ2) is 6.86. The van der Waals surface area contributed by atoms with Gasteiger partial charge < -0.3 is 5.32 Å². The summed E-state index contributed by atoms with van der Waals surface area (Å²) >= 11 is 0. The standard InChI is InChI=1S/C13H28N2OS/c1-6-12-7-14-13(10(2)3)9-15(12)8-11(4)17(5)16/h10-14H,6-9H2,1-5H3. The van der Waals surface area contributed by atoms with Crippen LogP contribution in [-0.2, 0) is 10.8 Å². The minimum Gasteiger partial charge on any atom is -0.311 e. The van der Waals surface area contributed by atoms with Gasteiger partial charge in [-0.05, 0) is 19.3 Å². The molecule has 17 heavy (non-hydrogen) atoms. The fourth-order valence-electron chi connectivity index (χ4n) is 2.39. The van der Waals surface area contributed by atoms with Gasteiger partial charge in [0.25, 0.3) is 0 Å². The molecule has 0 spiro atoms. The normalized spacial score (nSPS) is 30.5. The van der Waals surface area contributed by atoms with Gasteiger partial charge in [-0.25, -0.2) is 0 Å². The Labute approximate surface area is 109 Å². The summed E-state index contributed by atoms with van der Waals surface area (Å²) in [5, 5.41) is 3.91. The van der Waals surface area contributed by atoms with E-state index in [0.717, 1.165) is 19.6 Å². The minimum atomic E-state index is -0.713. The molecule has 1 aliphatic rings. The Bertz CT molecular complexity index is 258. The van der Waals surface area contributed by atoms with Crippen LogP contribution in [0.3, 0.4) is 0 Å². The molecule has 102 valence electrons. The van der Waals surface area contributed by atoms with Gasteiger partial charge in [-0.15, -0.1) is 0 Å². The molecule has 4 heteroatoms. The van der Waals surface area contributed by atoms with Gasteiger partial charge in [-0.1, -0.05) is 20.8 Å². The van der Waals surface area contributed by atoms with E-state index in [2.05, 4.69) is 37.9 Å². The molecular formula is C13H28N2OS.